The summed E-state index contributed by atoms with van der Waals surface area (Å²) < 4.78 is 0. The molecule has 1 aliphatic carbocycles. The van der Waals surface area contributed by atoms with Crippen LogP contribution in [0.2, 0.25) is 0 Å². The van der Waals surface area contributed by atoms with Crippen molar-refractivity contribution in [2.75, 3.05) is 6.54 Å². The largest absolute Gasteiger partial charge is 0.349 e. The van der Waals surface area contributed by atoms with Gasteiger partial charge in [0.1, 0.15) is 0 Å². The fourth-order valence-corrected chi connectivity index (χ4v) is 2.98. The molecule has 0 heterocycles. The maximum atomic E-state index is 12.1. The summed E-state index contributed by atoms with van der Waals surface area (Å²) in [5.41, 5.74) is 5.76. The second-order valence-corrected chi connectivity index (χ2v) is 5.86. The van der Waals surface area contributed by atoms with E-state index in [0.29, 0.717) is 18.9 Å². The van der Waals surface area contributed by atoms with Crippen LogP contribution >= 0.6 is 0 Å². The fourth-order valence-electron chi connectivity index (χ4n) is 2.98. The van der Waals surface area contributed by atoms with Crippen molar-refractivity contribution in [1.82, 2.24) is 5.32 Å². The lowest BCUT2D eigenvalue weighted by Gasteiger charge is -2.29. The van der Waals surface area contributed by atoms with Crippen LogP contribution < -0.4 is 11.1 Å². The highest BCUT2D eigenvalue weighted by molar-refractivity contribution is 5.77. The van der Waals surface area contributed by atoms with Gasteiger partial charge in [-0.05, 0) is 25.2 Å². The van der Waals surface area contributed by atoms with Gasteiger partial charge in [-0.3, -0.25) is 4.79 Å². The molecule has 0 spiro atoms. The van der Waals surface area contributed by atoms with Gasteiger partial charge in [0.25, 0.3) is 0 Å². The molecule has 0 saturated heterocycles. The lowest BCUT2D eigenvalue weighted by Crippen LogP contribution is -2.51. The quantitative estimate of drug-likeness (QED) is 0.699. The Labute approximate surface area is 112 Å². The maximum Gasteiger partial charge on any atom is 0.220 e. The first kappa shape index (κ1) is 15.5. The minimum Gasteiger partial charge on any atom is -0.349 e. The summed E-state index contributed by atoms with van der Waals surface area (Å²) in [7, 11) is 0. The summed E-state index contributed by atoms with van der Waals surface area (Å²) in [5.74, 6) is 0.756. The van der Waals surface area contributed by atoms with Gasteiger partial charge in [0.05, 0.1) is 5.54 Å². The average Bonchev–Trinajstić information content (AvgIpc) is 2.83. The van der Waals surface area contributed by atoms with E-state index in [0.717, 1.165) is 19.3 Å². The van der Waals surface area contributed by atoms with E-state index < -0.39 is 0 Å². The molecule has 1 rings (SSSR count). The lowest BCUT2D eigenvalue weighted by atomic mass is 9.93. The van der Waals surface area contributed by atoms with E-state index in [-0.39, 0.29) is 11.4 Å². The van der Waals surface area contributed by atoms with Crippen LogP contribution in [0.3, 0.4) is 0 Å². The van der Waals surface area contributed by atoms with Gasteiger partial charge in [-0.1, -0.05) is 46.0 Å². The van der Waals surface area contributed by atoms with E-state index in [2.05, 4.69) is 19.2 Å². The maximum absolute atomic E-state index is 12.1. The highest BCUT2D eigenvalue weighted by Crippen LogP contribution is 2.29. The molecule has 0 aromatic carbocycles. The van der Waals surface area contributed by atoms with Gasteiger partial charge >= 0.3 is 0 Å². The van der Waals surface area contributed by atoms with Crippen LogP contribution in [-0.2, 0) is 4.79 Å². The molecule has 1 fully saturated rings. The number of rotatable bonds is 8. The molecule has 0 aromatic heterocycles. The van der Waals surface area contributed by atoms with Crippen LogP contribution in [0.15, 0.2) is 0 Å². The van der Waals surface area contributed by atoms with E-state index in [9.17, 15) is 4.79 Å². The Morgan fingerprint density at radius 1 is 1.33 bits per heavy atom. The number of hydrogen-bond donors (Lipinski definition) is 2. The van der Waals surface area contributed by atoms with Crippen molar-refractivity contribution in [1.29, 1.82) is 0 Å². The van der Waals surface area contributed by atoms with Crippen molar-refractivity contribution in [2.24, 2.45) is 11.7 Å². The molecular formula is C15H30N2O. The van der Waals surface area contributed by atoms with E-state index in [4.69, 9.17) is 5.73 Å². The number of unbranched alkanes of at least 4 members (excludes halogenated alkanes) is 1. The molecule has 1 aliphatic rings. The van der Waals surface area contributed by atoms with Gasteiger partial charge in [0.2, 0.25) is 5.91 Å². The first-order valence-corrected chi connectivity index (χ1v) is 7.67. The molecule has 0 radical (unpaired) electrons. The van der Waals surface area contributed by atoms with Crippen molar-refractivity contribution >= 4 is 5.91 Å². The summed E-state index contributed by atoms with van der Waals surface area (Å²) in [5, 5.41) is 3.22. The summed E-state index contributed by atoms with van der Waals surface area (Å²) >= 11 is 0. The third-order valence-electron chi connectivity index (χ3n) is 4.37. The number of carbonyl (C=O) groups excluding carboxylic acids is 1. The number of amides is 1. The monoisotopic (exact) mass is 254 g/mol. The first-order chi connectivity index (χ1) is 8.65. The van der Waals surface area contributed by atoms with Crippen LogP contribution in [0.5, 0.6) is 0 Å². The molecular weight excluding hydrogens is 224 g/mol. The Balaban J connectivity index is 2.39. The van der Waals surface area contributed by atoms with Crippen LogP contribution in [0.25, 0.3) is 0 Å². The Morgan fingerprint density at radius 2 is 2.00 bits per heavy atom. The van der Waals surface area contributed by atoms with Gasteiger partial charge in [-0.2, -0.15) is 0 Å². The highest BCUT2D eigenvalue weighted by Gasteiger charge is 2.33. The molecule has 3 N–H and O–H groups in total. The zero-order chi connectivity index (χ0) is 13.4. The molecule has 1 atom stereocenters. The second-order valence-electron chi connectivity index (χ2n) is 5.86. The molecule has 0 aliphatic heterocycles. The molecule has 0 bridgehead atoms. The van der Waals surface area contributed by atoms with Gasteiger partial charge in [-0.15, -0.1) is 0 Å². The smallest absolute Gasteiger partial charge is 0.220 e. The van der Waals surface area contributed by atoms with Crippen molar-refractivity contribution in [3.05, 3.63) is 0 Å². The molecule has 106 valence electrons. The zero-order valence-electron chi connectivity index (χ0n) is 12.1. The van der Waals surface area contributed by atoms with E-state index in [1.54, 1.807) is 0 Å². The molecule has 3 heteroatoms. The van der Waals surface area contributed by atoms with Crippen molar-refractivity contribution < 1.29 is 4.79 Å². The molecule has 0 aromatic rings. The van der Waals surface area contributed by atoms with Crippen LogP contribution in [0, 0.1) is 5.92 Å². The first-order valence-electron chi connectivity index (χ1n) is 7.67. The Hall–Kier alpha value is -0.570. The van der Waals surface area contributed by atoms with Crippen molar-refractivity contribution in [3.8, 4) is 0 Å². The van der Waals surface area contributed by atoms with Crippen molar-refractivity contribution in [3.63, 3.8) is 0 Å². The summed E-state index contributed by atoms with van der Waals surface area (Å²) in [6, 6.07) is 0. The zero-order valence-corrected chi connectivity index (χ0v) is 12.1. The number of carbonyl (C=O) groups is 1. The normalized spacial score (nSPS) is 19.7. The van der Waals surface area contributed by atoms with Crippen LogP contribution in [-0.4, -0.2) is 18.0 Å². The van der Waals surface area contributed by atoms with Gasteiger partial charge < -0.3 is 11.1 Å². The fraction of sp³-hybridized carbons (Fsp3) is 0.933. The Kier molecular flexibility index (Phi) is 6.69. The summed E-state index contributed by atoms with van der Waals surface area (Å²) in [6.45, 7) is 4.97. The third kappa shape index (κ3) is 4.60. The predicted octanol–water partition coefficient (Wildman–Crippen LogP) is 2.98. The van der Waals surface area contributed by atoms with Gasteiger partial charge in [0, 0.05) is 13.0 Å². The SMILES string of the molecule is CCCCC(CC)CC(=O)NC1(CN)CCCC1. The molecule has 3 nitrogen and oxygen atoms in total. The average molecular weight is 254 g/mol. The highest BCUT2D eigenvalue weighted by atomic mass is 16.1. The Morgan fingerprint density at radius 3 is 2.50 bits per heavy atom. The molecule has 18 heavy (non-hydrogen) atoms. The third-order valence-corrected chi connectivity index (χ3v) is 4.37. The van der Waals surface area contributed by atoms with Gasteiger partial charge in [0.15, 0.2) is 0 Å². The van der Waals surface area contributed by atoms with Crippen LogP contribution in [0.1, 0.15) is 71.6 Å². The standard InChI is InChI=1S/C15H30N2O/c1-3-5-8-13(4-2)11-14(18)17-15(12-16)9-6-7-10-15/h13H,3-12,16H2,1-2H3,(H,17,18). The van der Waals surface area contributed by atoms with Crippen molar-refractivity contribution in [2.45, 2.75) is 77.2 Å². The lowest BCUT2D eigenvalue weighted by molar-refractivity contribution is -0.123. The molecule has 1 saturated carbocycles. The summed E-state index contributed by atoms with van der Waals surface area (Å²) in [6.07, 6.45) is 9.91. The minimum absolute atomic E-state index is 0.0832. The predicted molar refractivity (Wildman–Crippen MR) is 76.3 cm³/mol. The Bertz CT molecular complexity index is 247. The second kappa shape index (κ2) is 7.78. The van der Waals surface area contributed by atoms with E-state index >= 15 is 0 Å². The van der Waals surface area contributed by atoms with E-state index in [1.807, 2.05) is 0 Å². The molecule has 1 unspecified atom stereocenters. The number of nitrogens with two attached hydrogens (primary N) is 1. The van der Waals surface area contributed by atoms with Gasteiger partial charge in [-0.25, -0.2) is 0 Å². The number of nitrogens with one attached hydrogen (secondary N) is 1. The molecule has 1 amide bonds. The number of hydrogen-bond acceptors (Lipinski definition) is 2. The van der Waals surface area contributed by atoms with Crippen LogP contribution in [0.4, 0.5) is 0 Å². The summed E-state index contributed by atoms with van der Waals surface area (Å²) in [4.78, 5) is 12.1. The van der Waals surface area contributed by atoms with E-state index in [1.165, 1.54) is 32.1 Å². The minimum atomic E-state index is -0.0832. The topological polar surface area (TPSA) is 55.1 Å².